The van der Waals surface area contributed by atoms with Crippen molar-refractivity contribution in [3.05, 3.63) is 35.9 Å². The van der Waals surface area contributed by atoms with Crippen molar-refractivity contribution >= 4 is 0 Å². The first-order valence-electron chi connectivity index (χ1n) is 6.25. The molecule has 2 rings (SSSR count). The predicted molar refractivity (Wildman–Crippen MR) is 70.5 cm³/mol. The highest BCUT2D eigenvalue weighted by atomic mass is 14.9. The molecule has 3 N–H and O–H groups in total. The molecule has 1 aliphatic carbocycles. The van der Waals surface area contributed by atoms with E-state index < -0.39 is 0 Å². The van der Waals surface area contributed by atoms with Gasteiger partial charge in [0.2, 0.25) is 0 Å². The van der Waals surface area contributed by atoms with E-state index in [1.165, 1.54) is 25.7 Å². The van der Waals surface area contributed by atoms with Gasteiger partial charge < -0.3 is 11.1 Å². The first-order valence-corrected chi connectivity index (χ1v) is 6.25. The van der Waals surface area contributed by atoms with Gasteiger partial charge in [0.15, 0.2) is 0 Å². The van der Waals surface area contributed by atoms with Gasteiger partial charge in [0.25, 0.3) is 0 Å². The summed E-state index contributed by atoms with van der Waals surface area (Å²) in [7, 11) is 0. The van der Waals surface area contributed by atoms with Crippen LogP contribution in [0.3, 0.4) is 0 Å². The molecular formula is C14H21N3. The minimum atomic E-state index is 0.715. The summed E-state index contributed by atoms with van der Waals surface area (Å²) in [5.41, 5.74) is 6.06. The lowest BCUT2D eigenvalue weighted by molar-refractivity contribution is 0.532. The molecule has 1 aromatic rings. The quantitative estimate of drug-likeness (QED) is 0.836. The Balaban J connectivity index is 0.000000171. The first kappa shape index (κ1) is 13.7. The third-order valence-electron chi connectivity index (χ3n) is 2.84. The molecule has 1 fully saturated rings. The van der Waals surface area contributed by atoms with Crippen LogP contribution in [0.4, 0.5) is 0 Å². The molecule has 92 valence electrons. The van der Waals surface area contributed by atoms with Crippen molar-refractivity contribution < 1.29 is 0 Å². The molecule has 0 atom stereocenters. The number of nitrogens with two attached hydrogens (primary N) is 1. The van der Waals surface area contributed by atoms with Gasteiger partial charge >= 0.3 is 0 Å². The molecule has 0 spiro atoms. The Kier molecular flexibility index (Phi) is 7.04. The molecule has 0 radical (unpaired) electrons. The van der Waals surface area contributed by atoms with Crippen molar-refractivity contribution in [1.82, 2.24) is 5.32 Å². The van der Waals surface area contributed by atoms with Gasteiger partial charge in [-0.05, 0) is 25.0 Å². The summed E-state index contributed by atoms with van der Waals surface area (Å²) in [6.45, 7) is 1.77. The summed E-state index contributed by atoms with van der Waals surface area (Å²) in [5.74, 6) is 0. The van der Waals surface area contributed by atoms with E-state index in [-0.39, 0.29) is 0 Å². The molecule has 0 amide bonds. The van der Waals surface area contributed by atoms with Gasteiger partial charge in [-0.2, -0.15) is 5.26 Å². The average Bonchev–Trinajstić information content (AvgIpc) is 2.91. The largest absolute Gasteiger partial charge is 0.329 e. The number of benzene rings is 1. The zero-order valence-corrected chi connectivity index (χ0v) is 10.2. The lowest BCUT2D eigenvalue weighted by atomic mass is 10.2. The van der Waals surface area contributed by atoms with Crippen LogP contribution in [-0.4, -0.2) is 19.1 Å². The summed E-state index contributed by atoms with van der Waals surface area (Å²) in [6.07, 6.45) is 5.53. The second-order valence-corrected chi connectivity index (χ2v) is 4.20. The van der Waals surface area contributed by atoms with Crippen LogP contribution >= 0.6 is 0 Å². The fraction of sp³-hybridized carbons (Fsp3) is 0.500. The van der Waals surface area contributed by atoms with Gasteiger partial charge in [0.05, 0.1) is 11.6 Å². The monoisotopic (exact) mass is 231 g/mol. The Morgan fingerprint density at radius 1 is 1.24 bits per heavy atom. The van der Waals surface area contributed by atoms with Gasteiger partial charge in [-0.3, -0.25) is 0 Å². The Morgan fingerprint density at radius 2 is 1.88 bits per heavy atom. The van der Waals surface area contributed by atoms with E-state index in [4.69, 9.17) is 11.0 Å². The normalized spacial score (nSPS) is 14.8. The van der Waals surface area contributed by atoms with Gasteiger partial charge in [-0.25, -0.2) is 0 Å². The lowest BCUT2D eigenvalue weighted by Gasteiger charge is -2.08. The second kappa shape index (κ2) is 8.74. The summed E-state index contributed by atoms with van der Waals surface area (Å²) in [4.78, 5) is 0. The molecule has 0 aromatic heterocycles. The molecule has 0 bridgehead atoms. The highest BCUT2D eigenvalue weighted by Crippen LogP contribution is 2.16. The van der Waals surface area contributed by atoms with Crippen molar-refractivity contribution in [3.8, 4) is 6.07 Å². The molecular weight excluding hydrogens is 210 g/mol. The van der Waals surface area contributed by atoms with Crippen LogP contribution in [0.2, 0.25) is 0 Å². The first-order chi connectivity index (χ1) is 8.36. The number of nitriles is 1. The SMILES string of the molecule is N#Cc1ccccc1.NCCNC1CCCC1. The van der Waals surface area contributed by atoms with E-state index >= 15 is 0 Å². The molecule has 3 nitrogen and oxygen atoms in total. The fourth-order valence-electron chi connectivity index (χ4n) is 1.93. The van der Waals surface area contributed by atoms with Crippen LogP contribution in [0.15, 0.2) is 30.3 Å². The summed E-state index contributed by atoms with van der Waals surface area (Å²) >= 11 is 0. The van der Waals surface area contributed by atoms with Crippen LogP contribution in [-0.2, 0) is 0 Å². The maximum absolute atomic E-state index is 8.29. The van der Waals surface area contributed by atoms with E-state index in [0.29, 0.717) is 5.56 Å². The van der Waals surface area contributed by atoms with Crippen LogP contribution in [0.25, 0.3) is 0 Å². The number of nitrogens with one attached hydrogen (secondary N) is 1. The Hall–Kier alpha value is -1.37. The molecule has 0 aliphatic heterocycles. The molecule has 1 saturated carbocycles. The molecule has 17 heavy (non-hydrogen) atoms. The van der Waals surface area contributed by atoms with Crippen LogP contribution in [0.5, 0.6) is 0 Å². The van der Waals surface area contributed by atoms with Crippen LogP contribution < -0.4 is 11.1 Å². The molecule has 3 heteroatoms. The lowest BCUT2D eigenvalue weighted by Crippen LogP contribution is -2.30. The Labute approximate surface area is 104 Å². The fourth-order valence-corrected chi connectivity index (χ4v) is 1.93. The van der Waals surface area contributed by atoms with Crippen LogP contribution in [0, 0.1) is 11.3 Å². The minimum absolute atomic E-state index is 0.715. The third kappa shape index (κ3) is 6.06. The van der Waals surface area contributed by atoms with Crippen LogP contribution in [0.1, 0.15) is 31.2 Å². The van der Waals surface area contributed by atoms with Gasteiger partial charge in [-0.1, -0.05) is 31.0 Å². The maximum Gasteiger partial charge on any atom is 0.0991 e. The summed E-state index contributed by atoms with van der Waals surface area (Å²) < 4.78 is 0. The van der Waals surface area contributed by atoms with Crippen molar-refractivity contribution in [1.29, 1.82) is 5.26 Å². The predicted octanol–water partition coefficient (Wildman–Crippen LogP) is 2.04. The molecule has 1 aliphatic rings. The van der Waals surface area contributed by atoms with E-state index in [1.807, 2.05) is 24.3 Å². The molecule has 0 unspecified atom stereocenters. The zero-order valence-electron chi connectivity index (χ0n) is 10.2. The number of hydrogen-bond acceptors (Lipinski definition) is 3. The van der Waals surface area contributed by atoms with Gasteiger partial charge in [-0.15, -0.1) is 0 Å². The highest BCUT2D eigenvalue weighted by molar-refractivity contribution is 5.27. The van der Waals surface area contributed by atoms with Crippen molar-refractivity contribution in [3.63, 3.8) is 0 Å². The van der Waals surface area contributed by atoms with E-state index in [2.05, 4.69) is 5.32 Å². The number of nitrogens with zero attached hydrogens (tertiary/aromatic N) is 1. The Morgan fingerprint density at radius 3 is 2.35 bits per heavy atom. The molecule has 0 heterocycles. The number of rotatable bonds is 3. The minimum Gasteiger partial charge on any atom is -0.329 e. The molecule has 0 saturated heterocycles. The summed E-state index contributed by atoms with van der Waals surface area (Å²) in [5, 5.41) is 11.7. The average molecular weight is 231 g/mol. The second-order valence-electron chi connectivity index (χ2n) is 4.20. The maximum atomic E-state index is 8.29. The zero-order chi connectivity index (χ0) is 12.3. The third-order valence-corrected chi connectivity index (χ3v) is 2.84. The summed E-state index contributed by atoms with van der Waals surface area (Å²) in [6, 6.07) is 11.9. The number of hydrogen-bond donors (Lipinski definition) is 2. The van der Waals surface area contributed by atoms with E-state index in [0.717, 1.165) is 19.1 Å². The van der Waals surface area contributed by atoms with E-state index in [1.54, 1.807) is 12.1 Å². The van der Waals surface area contributed by atoms with Crippen molar-refractivity contribution in [2.75, 3.05) is 13.1 Å². The van der Waals surface area contributed by atoms with Crippen molar-refractivity contribution in [2.24, 2.45) is 5.73 Å². The topological polar surface area (TPSA) is 61.8 Å². The smallest absolute Gasteiger partial charge is 0.0991 e. The standard InChI is InChI=1S/C7H16N2.C7H5N/c8-5-6-9-7-3-1-2-4-7;8-6-7-4-2-1-3-5-7/h7,9H,1-6,8H2;1-5H. The Bertz CT molecular complexity index is 323. The van der Waals surface area contributed by atoms with E-state index in [9.17, 15) is 0 Å². The van der Waals surface area contributed by atoms with Crippen molar-refractivity contribution in [2.45, 2.75) is 31.7 Å². The van der Waals surface area contributed by atoms with Gasteiger partial charge in [0.1, 0.15) is 0 Å². The molecule has 1 aromatic carbocycles. The van der Waals surface area contributed by atoms with Gasteiger partial charge in [0, 0.05) is 19.1 Å². The highest BCUT2D eigenvalue weighted by Gasteiger charge is 2.12.